The van der Waals surface area contributed by atoms with Crippen LogP contribution in [0.2, 0.25) is 0 Å². The second-order valence-corrected chi connectivity index (χ2v) is 2.73. The average molecular weight is 191 g/mol. The summed E-state index contributed by atoms with van der Waals surface area (Å²) in [5.41, 5.74) is 4.98. The van der Waals surface area contributed by atoms with Crippen molar-refractivity contribution in [3.63, 3.8) is 0 Å². The Morgan fingerprint density at radius 1 is 1.07 bits per heavy atom. The molecular formula is C12H17NO. The summed E-state index contributed by atoms with van der Waals surface area (Å²) in [5, 5.41) is 0. The van der Waals surface area contributed by atoms with Crippen LogP contribution in [-0.4, -0.2) is 5.91 Å². The number of allylic oxidation sites excluding steroid dienone is 8. The Balaban J connectivity index is 3.55. The number of hydrogen-bond acceptors (Lipinski definition) is 1. The molecule has 76 valence electrons. The molecule has 14 heavy (non-hydrogen) atoms. The smallest absolute Gasteiger partial charge is 0.217 e. The van der Waals surface area contributed by atoms with E-state index in [2.05, 4.69) is 0 Å². The Morgan fingerprint density at radius 3 is 2.21 bits per heavy atom. The summed E-state index contributed by atoms with van der Waals surface area (Å²) in [6, 6.07) is 0. The largest absolute Gasteiger partial charge is 0.370 e. The summed E-state index contributed by atoms with van der Waals surface area (Å²) in [6.45, 7) is 1.97. The summed E-state index contributed by atoms with van der Waals surface area (Å²) in [6.07, 6.45) is 16.6. The van der Waals surface area contributed by atoms with Gasteiger partial charge in [-0.3, -0.25) is 4.79 Å². The first-order valence-corrected chi connectivity index (χ1v) is 4.67. The Kier molecular flexibility index (Phi) is 8.45. The van der Waals surface area contributed by atoms with Crippen LogP contribution in [-0.2, 0) is 4.79 Å². The number of rotatable bonds is 6. The van der Waals surface area contributed by atoms with Crippen molar-refractivity contribution >= 4 is 5.91 Å². The van der Waals surface area contributed by atoms with Gasteiger partial charge in [-0.2, -0.15) is 0 Å². The van der Waals surface area contributed by atoms with Crippen molar-refractivity contribution in [1.82, 2.24) is 0 Å². The van der Waals surface area contributed by atoms with Crippen LogP contribution in [0.15, 0.2) is 48.6 Å². The molecule has 0 fully saturated rings. The van der Waals surface area contributed by atoms with Gasteiger partial charge in [0.2, 0.25) is 5.91 Å². The predicted molar refractivity (Wildman–Crippen MR) is 60.7 cm³/mol. The zero-order chi connectivity index (χ0) is 10.6. The maximum atomic E-state index is 10.4. The number of hydrogen-bond donors (Lipinski definition) is 1. The van der Waals surface area contributed by atoms with Crippen LogP contribution >= 0.6 is 0 Å². The molecule has 0 unspecified atom stereocenters. The monoisotopic (exact) mass is 191 g/mol. The first-order valence-electron chi connectivity index (χ1n) is 4.67. The van der Waals surface area contributed by atoms with Crippen molar-refractivity contribution in [2.24, 2.45) is 5.73 Å². The highest BCUT2D eigenvalue weighted by molar-refractivity contribution is 5.73. The number of amides is 1. The molecule has 0 aliphatic heterocycles. The topological polar surface area (TPSA) is 43.1 Å². The number of carbonyl (C=O) groups is 1. The van der Waals surface area contributed by atoms with E-state index in [-0.39, 0.29) is 5.91 Å². The fourth-order valence-corrected chi connectivity index (χ4v) is 0.768. The standard InChI is InChI=1S/C12H17NO/c1-2-3-4-5-6-7-8-9-10-11-12(13)14/h2-9H,10-11H2,1H3,(H2,13,14)/b3-2+,5-4+,7-6+,9-8+. The minimum atomic E-state index is -0.258. The van der Waals surface area contributed by atoms with E-state index >= 15 is 0 Å². The van der Waals surface area contributed by atoms with Gasteiger partial charge in [-0.25, -0.2) is 0 Å². The molecule has 0 spiro atoms. The van der Waals surface area contributed by atoms with Gasteiger partial charge in [-0.1, -0.05) is 48.6 Å². The van der Waals surface area contributed by atoms with E-state index in [4.69, 9.17) is 5.73 Å². The second-order valence-electron chi connectivity index (χ2n) is 2.73. The number of carbonyl (C=O) groups excluding carboxylic acids is 1. The molecular weight excluding hydrogens is 174 g/mol. The zero-order valence-electron chi connectivity index (χ0n) is 8.52. The summed E-state index contributed by atoms with van der Waals surface area (Å²) in [4.78, 5) is 10.4. The molecule has 2 heteroatoms. The van der Waals surface area contributed by atoms with Gasteiger partial charge in [0.15, 0.2) is 0 Å². The fourth-order valence-electron chi connectivity index (χ4n) is 0.768. The molecule has 2 nitrogen and oxygen atoms in total. The van der Waals surface area contributed by atoms with Crippen molar-refractivity contribution in [2.45, 2.75) is 19.8 Å². The van der Waals surface area contributed by atoms with Crippen LogP contribution in [0.5, 0.6) is 0 Å². The Morgan fingerprint density at radius 2 is 1.64 bits per heavy atom. The third-order valence-corrected chi connectivity index (χ3v) is 1.44. The lowest BCUT2D eigenvalue weighted by Gasteiger charge is -1.85. The van der Waals surface area contributed by atoms with Gasteiger partial charge < -0.3 is 5.73 Å². The van der Waals surface area contributed by atoms with Gasteiger partial charge in [0, 0.05) is 6.42 Å². The molecule has 0 aliphatic carbocycles. The highest BCUT2D eigenvalue weighted by atomic mass is 16.1. The lowest BCUT2D eigenvalue weighted by atomic mass is 10.3. The molecule has 0 saturated heterocycles. The van der Waals surface area contributed by atoms with Crippen LogP contribution in [0, 0.1) is 0 Å². The van der Waals surface area contributed by atoms with Gasteiger partial charge in [-0.15, -0.1) is 0 Å². The normalized spacial score (nSPS) is 12.6. The number of primary amides is 1. The minimum absolute atomic E-state index is 0.258. The third-order valence-electron chi connectivity index (χ3n) is 1.44. The zero-order valence-corrected chi connectivity index (χ0v) is 8.52. The Labute approximate surface area is 85.5 Å². The minimum Gasteiger partial charge on any atom is -0.370 e. The van der Waals surface area contributed by atoms with Crippen LogP contribution in [0.25, 0.3) is 0 Å². The maximum Gasteiger partial charge on any atom is 0.217 e. The second kappa shape index (κ2) is 9.52. The molecule has 0 bridgehead atoms. The molecule has 0 heterocycles. The van der Waals surface area contributed by atoms with E-state index in [0.29, 0.717) is 12.8 Å². The van der Waals surface area contributed by atoms with Crippen LogP contribution in [0.4, 0.5) is 0 Å². The first kappa shape index (κ1) is 12.4. The highest BCUT2D eigenvalue weighted by Crippen LogP contribution is 1.90. The fraction of sp³-hybridized carbons (Fsp3) is 0.250. The van der Waals surface area contributed by atoms with Crippen molar-refractivity contribution in [1.29, 1.82) is 0 Å². The van der Waals surface area contributed by atoms with Gasteiger partial charge >= 0.3 is 0 Å². The summed E-state index contributed by atoms with van der Waals surface area (Å²) < 4.78 is 0. The molecule has 2 N–H and O–H groups in total. The molecule has 0 rings (SSSR count). The molecule has 0 saturated carbocycles. The predicted octanol–water partition coefficient (Wildman–Crippen LogP) is 2.50. The van der Waals surface area contributed by atoms with E-state index in [1.54, 1.807) is 0 Å². The van der Waals surface area contributed by atoms with Crippen LogP contribution < -0.4 is 5.73 Å². The molecule has 0 radical (unpaired) electrons. The van der Waals surface area contributed by atoms with Crippen LogP contribution in [0.1, 0.15) is 19.8 Å². The highest BCUT2D eigenvalue weighted by Gasteiger charge is 1.87. The van der Waals surface area contributed by atoms with Crippen LogP contribution in [0.3, 0.4) is 0 Å². The maximum absolute atomic E-state index is 10.4. The van der Waals surface area contributed by atoms with Gasteiger partial charge in [-0.05, 0) is 13.3 Å². The molecule has 0 aromatic rings. The summed E-state index contributed by atoms with van der Waals surface area (Å²) >= 11 is 0. The van der Waals surface area contributed by atoms with Crippen molar-refractivity contribution in [3.05, 3.63) is 48.6 Å². The molecule has 1 amide bonds. The summed E-state index contributed by atoms with van der Waals surface area (Å²) in [5.74, 6) is -0.258. The lowest BCUT2D eigenvalue weighted by molar-refractivity contribution is -0.117. The van der Waals surface area contributed by atoms with Gasteiger partial charge in [0.05, 0.1) is 0 Å². The average Bonchev–Trinajstić information content (AvgIpc) is 2.15. The SMILES string of the molecule is C/C=C/C=C/C=C/C=C/CCC(N)=O. The van der Waals surface area contributed by atoms with E-state index < -0.39 is 0 Å². The van der Waals surface area contributed by atoms with Crippen molar-refractivity contribution in [2.75, 3.05) is 0 Å². The quantitative estimate of drug-likeness (QED) is 0.644. The molecule has 0 aliphatic rings. The van der Waals surface area contributed by atoms with Gasteiger partial charge in [0.25, 0.3) is 0 Å². The molecule has 0 atom stereocenters. The van der Waals surface area contributed by atoms with E-state index in [1.807, 2.05) is 55.5 Å². The van der Waals surface area contributed by atoms with Gasteiger partial charge in [0.1, 0.15) is 0 Å². The van der Waals surface area contributed by atoms with Crippen molar-refractivity contribution < 1.29 is 4.79 Å². The van der Waals surface area contributed by atoms with E-state index in [0.717, 1.165) is 0 Å². The molecule has 0 aromatic carbocycles. The first-order chi connectivity index (χ1) is 6.77. The van der Waals surface area contributed by atoms with E-state index in [1.165, 1.54) is 0 Å². The Hall–Kier alpha value is -1.57. The van der Waals surface area contributed by atoms with Crippen molar-refractivity contribution in [3.8, 4) is 0 Å². The van der Waals surface area contributed by atoms with E-state index in [9.17, 15) is 4.79 Å². The Bertz CT molecular complexity index is 259. The lowest BCUT2D eigenvalue weighted by Crippen LogP contribution is -2.08. The molecule has 0 aromatic heterocycles. The third kappa shape index (κ3) is 10.4. The number of nitrogens with two attached hydrogens (primary N) is 1. The summed E-state index contributed by atoms with van der Waals surface area (Å²) in [7, 11) is 0.